The molecule has 2 aromatic heterocycles. The Morgan fingerprint density at radius 2 is 1.89 bits per heavy atom. The lowest BCUT2D eigenvalue weighted by atomic mass is 10.1. The number of hydrogen-bond donors (Lipinski definition) is 1. The van der Waals surface area contributed by atoms with Crippen LogP contribution in [0.15, 0.2) is 71.1 Å². The molecule has 0 aliphatic heterocycles. The predicted molar refractivity (Wildman–Crippen MR) is 112 cm³/mol. The van der Waals surface area contributed by atoms with Crippen LogP contribution in [-0.2, 0) is 6.54 Å². The van der Waals surface area contributed by atoms with Crippen molar-refractivity contribution < 1.29 is 9.84 Å². The van der Waals surface area contributed by atoms with Crippen LogP contribution in [0.25, 0.3) is 21.3 Å². The quantitative estimate of drug-likeness (QED) is 0.541. The number of nitrogens with zero attached hydrogens (tertiary/aromatic N) is 2. The van der Waals surface area contributed by atoms with Crippen molar-refractivity contribution >= 4 is 21.6 Å². The van der Waals surface area contributed by atoms with E-state index < -0.39 is 6.10 Å². The summed E-state index contributed by atoms with van der Waals surface area (Å²) >= 11 is 1.45. The summed E-state index contributed by atoms with van der Waals surface area (Å²) in [4.78, 5) is 18.1. The molecule has 6 heteroatoms. The lowest BCUT2D eigenvalue weighted by Gasteiger charge is -2.14. The summed E-state index contributed by atoms with van der Waals surface area (Å²) < 4.78 is 7.07. The fourth-order valence-electron chi connectivity index (χ4n) is 3.03. The minimum Gasteiger partial charge on any atom is -0.491 e. The molecule has 0 aliphatic rings. The first-order chi connectivity index (χ1) is 13.6. The van der Waals surface area contributed by atoms with Crippen molar-refractivity contribution in [2.45, 2.75) is 19.6 Å². The van der Waals surface area contributed by atoms with Crippen molar-refractivity contribution in [1.29, 1.82) is 0 Å². The van der Waals surface area contributed by atoms with E-state index in [1.165, 1.54) is 22.2 Å². The van der Waals surface area contributed by atoms with Crippen LogP contribution in [0.5, 0.6) is 5.75 Å². The van der Waals surface area contributed by atoms with Gasteiger partial charge in [0.05, 0.1) is 18.3 Å². The van der Waals surface area contributed by atoms with Crippen LogP contribution in [0.3, 0.4) is 0 Å². The van der Waals surface area contributed by atoms with Crippen molar-refractivity contribution in [3.8, 4) is 16.9 Å². The molecule has 0 saturated carbocycles. The summed E-state index contributed by atoms with van der Waals surface area (Å²) in [5.41, 5.74) is 2.84. The molecular weight excluding hydrogens is 372 g/mol. The summed E-state index contributed by atoms with van der Waals surface area (Å²) in [6.45, 7) is 2.22. The van der Waals surface area contributed by atoms with E-state index in [-0.39, 0.29) is 18.7 Å². The second kappa shape index (κ2) is 7.96. The predicted octanol–water partition coefficient (Wildman–Crippen LogP) is 3.87. The van der Waals surface area contributed by atoms with E-state index in [1.54, 1.807) is 0 Å². The Kier molecular flexibility index (Phi) is 5.23. The average molecular weight is 392 g/mol. The number of aliphatic hydroxyl groups excluding tert-OH is 1. The van der Waals surface area contributed by atoms with Gasteiger partial charge in [0.2, 0.25) is 0 Å². The first kappa shape index (κ1) is 18.4. The van der Waals surface area contributed by atoms with Crippen LogP contribution < -0.4 is 10.3 Å². The van der Waals surface area contributed by atoms with Gasteiger partial charge in [-0.25, -0.2) is 4.98 Å². The first-order valence-corrected chi connectivity index (χ1v) is 9.89. The highest BCUT2D eigenvalue weighted by Gasteiger charge is 2.15. The van der Waals surface area contributed by atoms with Gasteiger partial charge in [-0.3, -0.25) is 9.36 Å². The van der Waals surface area contributed by atoms with Gasteiger partial charge >= 0.3 is 0 Å². The molecule has 2 heterocycles. The third kappa shape index (κ3) is 3.83. The van der Waals surface area contributed by atoms with Crippen molar-refractivity contribution in [3.05, 3.63) is 82.2 Å². The highest BCUT2D eigenvalue weighted by Crippen LogP contribution is 2.30. The maximum absolute atomic E-state index is 13.0. The van der Waals surface area contributed by atoms with Gasteiger partial charge in [-0.15, -0.1) is 11.3 Å². The van der Waals surface area contributed by atoms with Crippen LogP contribution >= 0.6 is 11.3 Å². The zero-order chi connectivity index (χ0) is 19.5. The Balaban J connectivity index is 1.54. The molecule has 0 amide bonds. The molecule has 0 fully saturated rings. The maximum Gasteiger partial charge on any atom is 0.262 e. The zero-order valence-electron chi connectivity index (χ0n) is 15.4. The summed E-state index contributed by atoms with van der Waals surface area (Å²) in [6, 6.07) is 17.4. The SMILES string of the molecule is Cc1ccc(OC[C@H](O)Cn2cnc3scc(-c4ccccc4)c3c2=O)cc1. The van der Waals surface area contributed by atoms with E-state index in [4.69, 9.17) is 4.74 Å². The fourth-order valence-corrected chi connectivity index (χ4v) is 3.94. The monoisotopic (exact) mass is 392 g/mol. The molecule has 28 heavy (non-hydrogen) atoms. The van der Waals surface area contributed by atoms with Crippen molar-refractivity contribution in [1.82, 2.24) is 9.55 Å². The van der Waals surface area contributed by atoms with E-state index >= 15 is 0 Å². The van der Waals surface area contributed by atoms with E-state index in [9.17, 15) is 9.90 Å². The summed E-state index contributed by atoms with van der Waals surface area (Å²) in [5.74, 6) is 0.690. The number of ether oxygens (including phenoxy) is 1. The third-order valence-corrected chi connectivity index (χ3v) is 5.40. The molecule has 4 rings (SSSR count). The molecule has 5 nitrogen and oxygen atoms in total. The Labute approximate surface area is 166 Å². The van der Waals surface area contributed by atoms with Gasteiger partial charge < -0.3 is 9.84 Å². The Hall–Kier alpha value is -2.96. The molecule has 1 N–H and O–H groups in total. The van der Waals surface area contributed by atoms with Crippen LogP contribution in [0, 0.1) is 6.92 Å². The number of benzene rings is 2. The van der Waals surface area contributed by atoms with Gasteiger partial charge in [0, 0.05) is 10.9 Å². The maximum atomic E-state index is 13.0. The number of fused-ring (bicyclic) bond motifs is 1. The summed E-state index contributed by atoms with van der Waals surface area (Å²) in [5, 5.41) is 12.9. The molecule has 0 unspecified atom stereocenters. The average Bonchev–Trinajstić information content (AvgIpc) is 3.15. The van der Waals surface area contributed by atoms with E-state index in [0.29, 0.717) is 16.0 Å². The molecule has 0 radical (unpaired) electrons. The number of rotatable bonds is 6. The normalized spacial score (nSPS) is 12.2. The first-order valence-electron chi connectivity index (χ1n) is 9.01. The number of aryl methyl sites for hydroxylation is 1. The molecule has 0 aliphatic carbocycles. The lowest BCUT2D eigenvalue weighted by Crippen LogP contribution is -2.30. The minimum absolute atomic E-state index is 0.0999. The smallest absolute Gasteiger partial charge is 0.262 e. The molecule has 2 aromatic carbocycles. The van der Waals surface area contributed by atoms with E-state index in [1.807, 2.05) is 66.9 Å². The Bertz CT molecular complexity index is 1130. The highest BCUT2D eigenvalue weighted by atomic mass is 32.1. The van der Waals surface area contributed by atoms with Crippen molar-refractivity contribution in [3.63, 3.8) is 0 Å². The number of aromatic nitrogens is 2. The standard InChI is InChI=1S/C22H20N2O3S/c1-15-7-9-18(10-8-15)27-12-17(25)11-24-14-23-21-20(22(24)26)19(13-28-21)16-5-3-2-4-6-16/h2-10,13-14,17,25H,11-12H2,1H3/t17-/m1/s1. The number of hydrogen-bond acceptors (Lipinski definition) is 5. The second-order valence-electron chi connectivity index (χ2n) is 6.68. The van der Waals surface area contributed by atoms with Gasteiger partial charge in [-0.05, 0) is 24.6 Å². The molecule has 142 valence electrons. The van der Waals surface area contributed by atoms with E-state index in [2.05, 4.69) is 4.98 Å². The van der Waals surface area contributed by atoms with E-state index in [0.717, 1.165) is 16.7 Å². The van der Waals surface area contributed by atoms with Crippen molar-refractivity contribution in [2.24, 2.45) is 0 Å². The van der Waals surface area contributed by atoms with Gasteiger partial charge in [0.15, 0.2) is 0 Å². The van der Waals surface area contributed by atoms with Crippen LogP contribution in [0.4, 0.5) is 0 Å². The highest BCUT2D eigenvalue weighted by molar-refractivity contribution is 7.17. The number of aliphatic hydroxyl groups is 1. The van der Waals surface area contributed by atoms with Gasteiger partial charge in [-0.1, -0.05) is 48.0 Å². The second-order valence-corrected chi connectivity index (χ2v) is 7.53. The Morgan fingerprint density at radius 1 is 1.14 bits per heavy atom. The lowest BCUT2D eigenvalue weighted by molar-refractivity contribution is 0.0915. The molecule has 0 bridgehead atoms. The topological polar surface area (TPSA) is 64.3 Å². The molecule has 0 spiro atoms. The van der Waals surface area contributed by atoms with Crippen LogP contribution in [0.2, 0.25) is 0 Å². The number of thiophene rings is 1. The minimum atomic E-state index is -0.822. The van der Waals surface area contributed by atoms with Gasteiger partial charge in [-0.2, -0.15) is 0 Å². The molecule has 1 atom stereocenters. The van der Waals surface area contributed by atoms with Gasteiger partial charge in [0.25, 0.3) is 5.56 Å². The van der Waals surface area contributed by atoms with Gasteiger partial charge in [0.1, 0.15) is 23.3 Å². The Morgan fingerprint density at radius 3 is 2.64 bits per heavy atom. The largest absolute Gasteiger partial charge is 0.491 e. The van der Waals surface area contributed by atoms with Crippen LogP contribution in [0.1, 0.15) is 5.56 Å². The zero-order valence-corrected chi connectivity index (χ0v) is 16.2. The third-order valence-electron chi connectivity index (χ3n) is 4.52. The molecule has 4 aromatic rings. The fraction of sp³-hybridized carbons (Fsp3) is 0.182. The molecular formula is C22H20N2O3S. The molecule has 0 saturated heterocycles. The van der Waals surface area contributed by atoms with Crippen molar-refractivity contribution in [2.75, 3.05) is 6.61 Å². The van der Waals surface area contributed by atoms with Crippen LogP contribution in [-0.4, -0.2) is 27.4 Å². The summed E-state index contributed by atoms with van der Waals surface area (Å²) in [6.07, 6.45) is 0.669. The summed E-state index contributed by atoms with van der Waals surface area (Å²) in [7, 11) is 0.